The van der Waals surface area contributed by atoms with Crippen LogP contribution in [0.2, 0.25) is 0 Å². The minimum atomic E-state index is 0.605. The van der Waals surface area contributed by atoms with Crippen molar-refractivity contribution in [2.75, 3.05) is 11.9 Å². The summed E-state index contributed by atoms with van der Waals surface area (Å²) in [7, 11) is 0. The van der Waals surface area contributed by atoms with Crippen molar-refractivity contribution in [2.24, 2.45) is 0 Å². The van der Waals surface area contributed by atoms with E-state index in [1.807, 2.05) is 12.1 Å². The highest BCUT2D eigenvalue weighted by atomic mass is 16.3. The minimum absolute atomic E-state index is 0.605. The molecule has 0 radical (unpaired) electrons. The first-order valence-electron chi connectivity index (χ1n) is 15.8. The third-order valence-corrected chi connectivity index (χ3v) is 9.29. The Morgan fingerprint density at radius 2 is 1.23 bits per heavy atom. The molecule has 0 unspecified atom stereocenters. The van der Waals surface area contributed by atoms with Crippen LogP contribution in [0.1, 0.15) is 5.56 Å². The molecular formula is C42H26N4O. The molecular weight excluding hydrogens is 576 g/mol. The SMILES string of the molecule is C1=Cc2c(oc3cccc(-c4nc(-c5ccc6ccccc6c5)nc(-c5cc6ccccc6c6ccc7ccccc7c56)n4)c23)NC1. The molecule has 5 nitrogen and oxygen atoms in total. The molecule has 10 rings (SSSR count). The largest absolute Gasteiger partial charge is 0.440 e. The molecule has 5 heteroatoms. The highest BCUT2D eigenvalue weighted by Gasteiger charge is 2.22. The number of hydrogen-bond acceptors (Lipinski definition) is 5. The van der Waals surface area contributed by atoms with Crippen molar-refractivity contribution in [1.29, 1.82) is 0 Å². The summed E-state index contributed by atoms with van der Waals surface area (Å²) in [5, 5.41) is 13.7. The van der Waals surface area contributed by atoms with Crippen molar-refractivity contribution in [2.45, 2.75) is 0 Å². The van der Waals surface area contributed by atoms with Gasteiger partial charge in [0.25, 0.3) is 0 Å². The van der Waals surface area contributed by atoms with Crippen LogP contribution in [0, 0.1) is 0 Å². The molecule has 0 fully saturated rings. The lowest BCUT2D eigenvalue weighted by Gasteiger charge is -2.15. The van der Waals surface area contributed by atoms with Gasteiger partial charge >= 0.3 is 0 Å². The first kappa shape index (κ1) is 25.9. The van der Waals surface area contributed by atoms with E-state index in [0.717, 1.165) is 61.8 Å². The fraction of sp³-hybridized carbons (Fsp3) is 0.0238. The molecule has 9 aromatic rings. The van der Waals surface area contributed by atoms with Crippen LogP contribution in [0.4, 0.5) is 5.88 Å². The highest BCUT2D eigenvalue weighted by Crippen LogP contribution is 2.41. The lowest BCUT2D eigenvalue weighted by atomic mass is 9.92. The van der Waals surface area contributed by atoms with Crippen LogP contribution in [-0.2, 0) is 0 Å². The zero-order valence-corrected chi connectivity index (χ0v) is 25.2. The minimum Gasteiger partial charge on any atom is -0.440 e. The van der Waals surface area contributed by atoms with Crippen molar-refractivity contribution in [3.05, 3.63) is 139 Å². The summed E-state index contributed by atoms with van der Waals surface area (Å²) >= 11 is 0. The van der Waals surface area contributed by atoms with Gasteiger partial charge in [-0.3, -0.25) is 0 Å². The third-order valence-electron chi connectivity index (χ3n) is 9.29. The van der Waals surface area contributed by atoms with Crippen molar-refractivity contribution >= 4 is 66.0 Å². The van der Waals surface area contributed by atoms with Crippen molar-refractivity contribution in [3.63, 3.8) is 0 Å². The number of fused-ring (bicyclic) bond motifs is 9. The average Bonchev–Trinajstić information content (AvgIpc) is 3.53. The average molecular weight is 603 g/mol. The van der Waals surface area contributed by atoms with E-state index >= 15 is 0 Å². The van der Waals surface area contributed by atoms with Gasteiger partial charge in [-0.1, -0.05) is 121 Å². The van der Waals surface area contributed by atoms with Crippen molar-refractivity contribution in [1.82, 2.24) is 15.0 Å². The van der Waals surface area contributed by atoms with Gasteiger partial charge in [-0.05, 0) is 55.9 Å². The number of nitrogens with zero attached hydrogens (tertiary/aromatic N) is 3. The van der Waals surface area contributed by atoms with Crippen LogP contribution >= 0.6 is 0 Å². The summed E-state index contributed by atoms with van der Waals surface area (Å²) < 4.78 is 6.25. The summed E-state index contributed by atoms with van der Waals surface area (Å²) in [6, 6.07) is 44.6. The fourth-order valence-corrected chi connectivity index (χ4v) is 7.11. The Bertz CT molecular complexity index is 2760. The van der Waals surface area contributed by atoms with Crippen LogP contribution in [0.15, 0.2) is 138 Å². The molecule has 7 aromatic carbocycles. The molecule has 0 bridgehead atoms. The second-order valence-corrected chi connectivity index (χ2v) is 12.0. The summed E-state index contributed by atoms with van der Waals surface area (Å²) in [4.78, 5) is 15.7. The number of hydrogen-bond donors (Lipinski definition) is 1. The van der Waals surface area contributed by atoms with Gasteiger partial charge in [-0.25, -0.2) is 15.0 Å². The Balaban J connectivity index is 1.32. The summed E-state index contributed by atoms with van der Waals surface area (Å²) in [6.45, 7) is 0.729. The van der Waals surface area contributed by atoms with E-state index in [4.69, 9.17) is 19.4 Å². The fourth-order valence-electron chi connectivity index (χ4n) is 7.11. The molecule has 2 aromatic heterocycles. The molecule has 1 N–H and O–H groups in total. The molecule has 220 valence electrons. The van der Waals surface area contributed by atoms with Gasteiger partial charge in [0.2, 0.25) is 5.88 Å². The van der Waals surface area contributed by atoms with Crippen LogP contribution in [0.3, 0.4) is 0 Å². The summed E-state index contributed by atoms with van der Waals surface area (Å²) in [6.07, 6.45) is 4.23. The van der Waals surface area contributed by atoms with E-state index in [1.54, 1.807) is 0 Å². The van der Waals surface area contributed by atoms with E-state index in [9.17, 15) is 0 Å². The number of rotatable bonds is 3. The normalized spacial score (nSPS) is 12.7. The van der Waals surface area contributed by atoms with Gasteiger partial charge in [-0.15, -0.1) is 0 Å². The van der Waals surface area contributed by atoms with E-state index in [-0.39, 0.29) is 0 Å². The first-order chi connectivity index (χ1) is 23.3. The monoisotopic (exact) mass is 602 g/mol. The van der Waals surface area contributed by atoms with Gasteiger partial charge in [0.1, 0.15) is 5.58 Å². The number of nitrogens with one attached hydrogen (secondary N) is 1. The first-order valence-corrected chi connectivity index (χ1v) is 15.8. The predicted molar refractivity (Wildman–Crippen MR) is 193 cm³/mol. The van der Waals surface area contributed by atoms with Gasteiger partial charge in [-0.2, -0.15) is 0 Å². The van der Waals surface area contributed by atoms with Crippen molar-refractivity contribution in [3.8, 4) is 34.2 Å². The quantitative estimate of drug-likeness (QED) is 0.204. The number of anilines is 1. The summed E-state index contributed by atoms with van der Waals surface area (Å²) in [5.74, 6) is 2.63. The van der Waals surface area contributed by atoms with E-state index in [0.29, 0.717) is 17.5 Å². The predicted octanol–water partition coefficient (Wildman–Crippen LogP) is 10.7. The van der Waals surface area contributed by atoms with Crippen LogP contribution in [-0.4, -0.2) is 21.5 Å². The third kappa shape index (κ3) is 4.07. The smallest absolute Gasteiger partial charge is 0.201 e. The molecule has 0 saturated heterocycles. The van der Waals surface area contributed by atoms with E-state index < -0.39 is 0 Å². The number of benzene rings is 7. The molecule has 1 aliphatic heterocycles. The maximum Gasteiger partial charge on any atom is 0.201 e. The van der Waals surface area contributed by atoms with Crippen LogP contribution < -0.4 is 5.32 Å². The Kier molecular flexibility index (Phi) is 5.57. The molecule has 1 aliphatic rings. The molecule has 0 aliphatic carbocycles. The standard InChI is InChI=1S/C42H26N4O/c1-2-11-27-23-29(19-18-25(27)9-1)39-44-40(33-15-7-17-36-38(33)34-16-8-22-43-42(34)47-36)46-41(45-39)35-24-28-12-4-5-13-30(28)32-21-20-26-10-3-6-14-31(26)37(32)35/h1-21,23-24,43H,22H2. The molecule has 0 saturated carbocycles. The van der Waals surface area contributed by atoms with E-state index in [2.05, 4.69) is 133 Å². The lowest BCUT2D eigenvalue weighted by Crippen LogP contribution is -2.03. The van der Waals surface area contributed by atoms with Gasteiger partial charge < -0.3 is 9.73 Å². The second-order valence-electron chi connectivity index (χ2n) is 12.0. The molecule has 47 heavy (non-hydrogen) atoms. The van der Waals surface area contributed by atoms with Gasteiger partial charge in [0.15, 0.2) is 17.5 Å². The maximum atomic E-state index is 6.25. The topological polar surface area (TPSA) is 63.8 Å². The second kappa shape index (κ2) is 10.1. The molecule has 0 amide bonds. The Morgan fingerprint density at radius 3 is 2.13 bits per heavy atom. The Hall–Kier alpha value is -6.33. The maximum absolute atomic E-state index is 6.25. The molecule has 3 heterocycles. The van der Waals surface area contributed by atoms with Crippen molar-refractivity contribution < 1.29 is 4.42 Å². The Morgan fingerprint density at radius 1 is 0.511 bits per heavy atom. The zero-order chi connectivity index (χ0) is 30.9. The van der Waals surface area contributed by atoms with Crippen LogP contribution in [0.5, 0.6) is 0 Å². The van der Waals surface area contributed by atoms with E-state index in [1.165, 1.54) is 26.9 Å². The molecule has 0 spiro atoms. The van der Waals surface area contributed by atoms with Gasteiger partial charge in [0.05, 0.1) is 0 Å². The highest BCUT2D eigenvalue weighted by molar-refractivity contribution is 6.22. The number of aromatic nitrogens is 3. The van der Waals surface area contributed by atoms with Crippen LogP contribution in [0.25, 0.3) is 94.3 Å². The number of furan rings is 1. The molecule has 0 atom stereocenters. The Labute approximate surface area is 269 Å². The lowest BCUT2D eigenvalue weighted by molar-refractivity contribution is 0.628. The zero-order valence-electron chi connectivity index (χ0n) is 25.2. The summed E-state index contributed by atoms with van der Waals surface area (Å²) in [5.41, 5.74) is 4.62. The van der Waals surface area contributed by atoms with Gasteiger partial charge in [0, 0.05) is 39.6 Å².